The van der Waals surface area contributed by atoms with Crippen molar-refractivity contribution in [2.24, 2.45) is 0 Å². The van der Waals surface area contributed by atoms with Crippen molar-refractivity contribution < 1.29 is 18.0 Å². The van der Waals surface area contributed by atoms with Crippen LogP contribution in [-0.4, -0.2) is 10.5 Å². The number of benzene rings is 2. The quantitative estimate of drug-likeness (QED) is 0.651. The van der Waals surface area contributed by atoms with Gasteiger partial charge in [0.15, 0.2) is 0 Å². The van der Waals surface area contributed by atoms with E-state index in [-0.39, 0.29) is 5.91 Å². The summed E-state index contributed by atoms with van der Waals surface area (Å²) < 4.78 is 40.3. The molecule has 0 aliphatic carbocycles. The van der Waals surface area contributed by atoms with Crippen molar-refractivity contribution in [1.29, 1.82) is 0 Å². The molecule has 0 saturated carbocycles. The normalized spacial score (nSPS) is 14.0. The average molecular weight is 382 g/mol. The second-order valence-electron chi connectivity index (χ2n) is 6.59. The number of halogens is 3. The highest BCUT2D eigenvalue weighted by atomic mass is 19.4. The van der Waals surface area contributed by atoms with Gasteiger partial charge in [0.05, 0.1) is 5.56 Å². The number of anilines is 1. The van der Waals surface area contributed by atoms with E-state index in [0.29, 0.717) is 24.2 Å². The summed E-state index contributed by atoms with van der Waals surface area (Å²) in [5, 5.41) is 2.74. The minimum absolute atomic E-state index is 0.300. The Kier molecular flexibility index (Phi) is 4.55. The number of nitrogens with zero attached hydrogens (tertiary/aromatic N) is 1. The van der Waals surface area contributed by atoms with Crippen LogP contribution in [0.4, 0.5) is 18.9 Å². The lowest BCUT2D eigenvalue weighted by molar-refractivity contribution is -0.137. The van der Waals surface area contributed by atoms with Crippen LogP contribution in [0.5, 0.6) is 0 Å². The van der Waals surface area contributed by atoms with Gasteiger partial charge in [-0.1, -0.05) is 30.3 Å². The number of hydrogen-bond acceptors (Lipinski definition) is 1. The number of hydrogen-bond donors (Lipinski definition) is 1. The number of alkyl halides is 3. The number of amides is 1. The summed E-state index contributed by atoms with van der Waals surface area (Å²) in [6.07, 6.45) is -1.89. The molecule has 6 heteroatoms. The Balaban J connectivity index is 1.68. The van der Waals surface area contributed by atoms with E-state index >= 15 is 0 Å². The molecule has 0 saturated heterocycles. The zero-order valence-corrected chi connectivity index (χ0v) is 14.8. The second-order valence-corrected chi connectivity index (χ2v) is 6.59. The van der Waals surface area contributed by atoms with Gasteiger partial charge in [0.25, 0.3) is 5.91 Å². The van der Waals surface area contributed by atoms with Crippen molar-refractivity contribution in [2.45, 2.75) is 19.1 Å². The fraction of sp³-hybridized carbons (Fsp3) is 0.136. The van der Waals surface area contributed by atoms with Gasteiger partial charge < -0.3 is 9.88 Å². The van der Waals surface area contributed by atoms with Gasteiger partial charge in [-0.25, -0.2) is 0 Å². The molecule has 1 N–H and O–H groups in total. The van der Waals surface area contributed by atoms with Crippen LogP contribution in [0.3, 0.4) is 0 Å². The molecular weight excluding hydrogens is 365 g/mol. The highest BCUT2D eigenvalue weighted by Gasteiger charge is 2.30. The molecule has 1 aliphatic rings. The number of fused-ring (bicyclic) bond motifs is 1. The fourth-order valence-corrected chi connectivity index (χ4v) is 3.45. The molecule has 1 aliphatic heterocycles. The van der Waals surface area contributed by atoms with Crippen molar-refractivity contribution in [3.8, 4) is 0 Å². The molecule has 0 bridgehead atoms. The van der Waals surface area contributed by atoms with Crippen LogP contribution in [0.2, 0.25) is 0 Å². The van der Waals surface area contributed by atoms with Crippen LogP contribution in [0.15, 0.2) is 78.5 Å². The van der Waals surface area contributed by atoms with Gasteiger partial charge in [-0.05, 0) is 48.4 Å². The highest BCUT2D eigenvalue weighted by Crippen LogP contribution is 2.34. The Bertz CT molecular complexity index is 1030. The van der Waals surface area contributed by atoms with E-state index < -0.39 is 11.7 Å². The molecule has 0 fully saturated rings. The van der Waals surface area contributed by atoms with Crippen molar-refractivity contribution in [1.82, 2.24) is 4.57 Å². The van der Waals surface area contributed by atoms with Crippen molar-refractivity contribution >= 4 is 17.2 Å². The molecule has 2 heterocycles. The topological polar surface area (TPSA) is 34.0 Å². The second kappa shape index (κ2) is 7.03. The van der Waals surface area contributed by atoms with E-state index in [9.17, 15) is 18.0 Å². The molecule has 0 radical (unpaired) electrons. The first-order valence-electron chi connectivity index (χ1n) is 8.86. The summed E-state index contributed by atoms with van der Waals surface area (Å²) >= 11 is 0. The maximum Gasteiger partial charge on any atom is 0.416 e. The molecule has 3 nitrogen and oxygen atoms in total. The van der Waals surface area contributed by atoms with Crippen molar-refractivity contribution in [3.63, 3.8) is 0 Å². The monoisotopic (exact) mass is 382 g/mol. The van der Waals surface area contributed by atoms with Crippen LogP contribution < -0.4 is 5.32 Å². The molecule has 0 unspecified atom stereocenters. The minimum atomic E-state index is -4.40. The molecule has 2 aromatic carbocycles. The summed E-state index contributed by atoms with van der Waals surface area (Å²) in [6, 6.07) is 18.0. The van der Waals surface area contributed by atoms with E-state index in [1.54, 1.807) is 0 Å². The van der Waals surface area contributed by atoms with Crippen LogP contribution in [-0.2, 0) is 17.5 Å². The summed E-state index contributed by atoms with van der Waals surface area (Å²) in [7, 11) is 0. The number of aromatic nitrogens is 1. The molecule has 0 spiro atoms. The number of nitrogens with one attached hydrogen (secondary N) is 1. The van der Waals surface area contributed by atoms with E-state index in [0.717, 1.165) is 29.0 Å². The number of carbonyl (C=O) groups is 1. The van der Waals surface area contributed by atoms with Crippen molar-refractivity contribution in [2.75, 3.05) is 5.32 Å². The molecule has 1 amide bonds. The first kappa shape index (κ1) is 18.1. The molecule has 142 valence electrons. The lowest BCUT2D eigenvalue weighted by atomic mass is 9.92. The predicted molar refractivity (Wildman–Crippen MR) is 102 cm³/mol. The molecule has 28 heavy (non-hydrogen) atoms. The van der Waals surface area contributed by atoms with Crippen LogP contribution in [0, 0.1) is 0 Å². The Morgan fingerprint density at radius 2 is 1.64 bits per heavy atom. The molecular formula is C22H17F3N2O. The molecule has 0 atom stereocenters. The van der Waals surface area contributed by atoms with Gasteiger partial charge in [0, 0.05) is 35.3 Å². The van der Waals surface area contributed by atoms with Crippen LogP contribution >= 0.6 is 0 Å². The van der Waals surface area contributed by atoms with Gasteiger partial charge in [-0.2, -0.15) is 13.2 Å². The Morgan fingerprint density at radius 3 is 2.32 bits per heavy atom. The van der Waals surface area contributed by atoms with Gasteiger partial charge in [-0.15, -0.1) is 0 Å². The first-order valence-corrected chi connectivity index (χ1v) is 8.86. The molecule has 3 aromatic rings. The van der Waals surface area contributed by atoms with Crippen molar-refractivity contribution in [3.05, 3.63) is 95.3 Å². The molecule has 1 aromatic heterocycles. The lowest BCUT2D eigenvalue weighted by Gasteiger charge is -2.23. The summed E-state index contributed by atoms with van der Waals surface area (Å²) in [5.41, 5.74) is 2.94. The first-order chi connectivity index (χ1) is 13.4. The predicted octanol–water partition coefficient (Wildman–Crippen LogP) is 5.35. The standard InChI is InChI=1S/C22H17F3N2O/c23-22(24,25)16-8-10-17(11-9-16)26-21(28)18-12-14-27-13-4-7-19(27)20(18)15-5-2-1-3-6-15/h1-11,13H,12,14H2,(H,26,28). The zero-order chi connectivity index (χ0) is 19.7. The minimum Gasteiger partial charge on any atom is -0.347 e. The van der Waals surface area contributed by atoms with Crippen LogP contribution in [0.25, 0.3) is 5.57 Å². The van der Waals surface area contributed by atoms with E-state index in [1.165, 1.54) is 12.1 Å². The van der Waals surface area contributed by atoms with Gasteiger partial charge in [0.2, 0.25) is 0 Å². The molecule has 4 rings (SSSR count). The Morgan fingerprint density at radius 1 is 0.929 bits per heavy atom. The van der Waals surface area contributed by atoms with E-state index in [4.69, 9.17) is 0 Å². The number of carbonyl (C=O) groups excluding carboxylic acids is 1. The third kappa shape index (κ3) is 3.45. The Hall–Kier alpha value is -3.28. The Labute approximate surface area is 160 Å². The summed E-state index contributed by atoms with van der Waals surface area (Å²) in [6.45, 7) is 0.675. The lowest BCUT2D eigenvalue weighted by Crippen LogP contribution is -2.22. The largest absolute Gasteiger partial charge is 0.416 e. The van der Waals surface area contributed by atoms with Gasteiger partial charge in [-0.3, -0.25) is 4.79 Å². The van der Waals surface area contributed by atoms with Gasteiger partial charge in [0.1, 0.15) is 0 Å². The maximum absolute atomic E-state index is 13.0. The summed E-state index contributed by atoms with van der Waals surface area (Å²) in [4.78, 5) is 13.0. The highest BCUT2D eigenvalue weighted by molar-refractivity contribution is 6.11. The number of rotatable bonds is 3. The maximum atomic E-state index is 13.0. The smallest absolute Gasteiger partial charge is 0.347 e. The number of aryl methyl sites for hydroxylation is 1. The third-order valence-corrected chi connectivity index (χ3v) is 4.80. The fourth-order valence-electron chi connectivity index (χ4n) is 3.45. The third-order valence-electron chi connectivity index (χ3n) is 4.80. The van der Waals surface area contributed by atoms with E-state index in [2.05, 4.69) is 9.88 Å². The summed E-state index contributed by atoms with van der Waals surface area (Å²) in [5.74, 6) is -0.300. The van der Waals surface area contributed by atoms with E-state index in [1.807, 2.05) is 48.7 Å². The van der Waals surface area contributed by atoms with Gasteiger partial charge >= 0.3 is 6.18 Å². The van der Waals surface area contributed by atoms with Crippen LogP contribution in [0.1, 0.15) is 23.2 Å². The SMILES string of the molecule is O=C(Nc1ccc(C(F)(F)F)cc1)C1=C(c2ccccc2)c2cccn2CC1. The zero-order valence-electron chi connectivity index (χ0n) is 14.8. The average Bonchev–Trinajstić information content (AvgIpc) is 3.16.